The molecule has 20 heavy (non-hydrogen) atoms. The topological polar surface area (TPSA) is 63.2 Å². The molecule has 0 unspecified atom stereocenters. The lowest BCUT2D eigenvalue weighted by atomic mass is 9.94. The zero-order valence-electron chi connectivity index (χ0n) is 10.9. The molecule has 0 spiro atoms. The summed E-state index contributed by atoms with van der Waals surface area (Å²) in [5.74, 6) is 0.236. The summed E-state index contributed by atoms with van der Waals surface area (Å²) in [5.41, 5.74) is 0.576. The van der Waals surface area contributed by atoms with Crippen molar-refractivity contribution in [3.8, 4) is 0 Å². The number of benzene rings is 1. The molecule has 1 aromatic rings. The molecule has 1 aliphatic heterocycles. The zero-order chi connectivity index (χ0) is 14.4. The lowest BCUT2D eigenvalue weighted by Crippen LogP contribution is -2.42. The second-order valence-electron chi connectivity index (χ2n) is 5.66. The number of sulfone groups is 1. The molecule has 1 atom stereocenters. The average Bonchev–Trinajstić information content (AvgIpc) is 3.12. The second kappa shape index (κ2) is 4.84. The molecule has 1 aliphatic carbocycles. The molecule has 1 N–H and O–H groups in total. The van der Waals surface area contributed by atoms with Crippen LogP contribution in [0.3, 0.4) is 0 Å². The van der Waals surface area contributed by atoms with Gasteiger partial charge in [0.25, 0.3) is 0 Å². The molecule has 2 fully saturated rings. The normalized spacial score (nSPS) is 26.1. The quantitative estimate of drug-likeness (QED) is 0.896. The maximum absolute atomic E-state index is 12.5. The van der Waals surface area contributed by atoms with Crippen LogP contribution in [0, 0.1) is 0 Å². The number of carbonyl (C=O) groups excluding carboxylic acids is 1. The van der Waals surface area contributed by atoms with Crippen molar-refractivity contribution >= 4 is 31.7 Å². The van der Waals surface area contributed by atoms with E-state index < -0.39 is 15.3 Å². The van der Waals surface area contributed by atoms with Gasteiger partial charge in [-0.1, -0.05) is 28.1 Å². The highest BCUT2D eigenvalue weighted by Crippen LogP contribution is 2.48. The molecule has 0 bridgehead atoms. The average molecular weight is 358 g/mol. The third-order valence-electron chi connectivity index (χ3n) is 4.15. The molecule has 3 rings (SSSR count). The van der Waals surface area contributed by atoms with Gasteiger partial charge in [0.1, 0.15) is 0 Å². The number of hydrogen-bond acceptors (Lipinski definition) is 3. The van der Waals surface area contributed by atoms with Crippen LogP contribution in [0.2, 0.25) is 0 Å². The monoisotopic (exact) mass is 357 g/mol. The van der Waals surface area contributed by atoms with E-state index >= 15 is 0 Å². The van der Waals surface area contributed by atoms with Crippen LogP contribution in [0.1, 0.15) is 24.8 Å². The SMILES string of the molecule is O=C(N[C@@H]1CCS(=O)(=O)C1)C1(c2ccc(Br)cc2)CC1. The van der Waals surface area contributed by atoms with E-state index in [9.17, 15) is 13.2 Å². The number of rotatable bonds is 3. The molecule has 2 aliphatic rings. The fourth-order valence-electron chi connectivity index (χ4n) is 2.77. The van der Waals surface area contributed by atoms with Gasteiger partial charge in [0, 0.05) is 10.5 Å². The van der Waals surface area contributed by atoms with Crippen molar-refractivity contribution in [3.63, 3.8) is 0 Å². The molecule has 1 aromatic carbocycles. The summed E-state index contributed by atoms with van der Waals surface area (Å²) in [6, 6.07) is 7.57. The summed E-state index contributed by atoms with van der Waals surface area (Å²) in [5, 5.41) is 2.92. The molecule has 1 saturated heterocycles. The minimum Gasteiger partial charge on any atom is -0.352 e. The first-order valence-corrected chi connectivity index (χ1v) is 9.30. The molecule has 0 aromatic heterocycles. The van der Waals surface area contributed by atoms with Gasteiger partial charge >= 0.3 is 0 Å². The number of halogens is 1. The van der Waals surface area contributed by atoms with Crippen LogP contribution >= 0.6 is 15.9 Å². The van der Waals surface area contributed by atoms with Gasteiger partial charge in [0.15, 0.2) is 9.84 Å². The van der Waals surface area contributed by atoms with Crippen LogP contribution in [0.5, 0.6) is 0 Å². The fraction of sp³-hybridized carbons (Fsp3) is 0.500. The predicted octanol–water partition coefficient (Wildman–Crippen LogP) is 1.78. The Bertz CT molecular complexity index is 635. The van der Waals surface area contributed by atoms with E-state index in [0.717, 1.165) is 22.9 Å². The number of nitrogens with one attached hydrogen (secondary N) is 1. The van der Waals surface area contributed by atoms with Crippen LogP contribution in [0.15, 0.2) is 28.7 Å². The van der Waals surface area contributed by atoms with Crippen LogP contribution in [0.25, 0.3) is 0 Å². The van der Waals surface area contributed by atoms with E-state index in [1.54, 1.807) is 0 Å². The van der Waals surface area contributed by atoms with Gasteiger partial charge in [-0.2, -0.15) is 0 Å². The van der Waals surface area contributed by atoms with Gasteiger partial charge < -0.3 is 5.32 Å². The minimum absolute atomic E-state index is 0.0260. The summed E-state index contributed by atoms with van der Waals surface area (Å²) in [6.07, 6.45) is 2.20. The molecule has 6 heteroatoms. The number of carbonyl (C=O) groups is 1. The third-order valence-corrected chi connectivity index (χ3v) is 6.45. The van der Waals surface area contributed by atoms with Gasteiger partial charge in [-0.25, -0.2) is 8.42 Å². The standard InChI is InChI=1S/C14H16BrNO3S/c15-11-3-1-10(2-4-11)14(6-7-14)13(17)16-12-5-8-20(18,19)9-12/h1-4,12H,5-9H2,(H,16,17)/t12-/m1/s1. The van der Waals surface area contributed by atoms with Gasteiger partial charge in [-0.05, 0) is 37.0 Å². The predicted molar refractivity (Wildman–Crippen MR) is 80.3 cm³/mol. The Morgan fingerprint density at radius 1 is 1.25 bits per heavy atom. The number of hydrogen-bond donors (Lipinski definition) is 1. The van der Waals surface area contributed by atoms with E-state index in [1.165, 1.54) is 0 Å². The molecular formula is C14H16BrNO3S. The Labute approximate surface area is 127 Å². The van der Waals surface area contributed by atoms with Crippen LogP contribution in [0.4, 0.5) is 0 Å². The first kappa shape index (κ1) is 14.1. The van der Waals surface area contributed by atoms with E-state index in [1.807, 2.05) is 24.3 Å². The maximum Gasteiger partial charge on any atom is 0.230 e. The summed E-state index contributed by atoms with van der Waals surface area (Å²) < 4.78 is 23.9. The van der Waals surface area contributed by atoms with Crippen LogP contribution in [-0.4, -0.2) is 31.9 Å². The maximum atomic E-state index is 12.5. The van der Waals surface area contributed by atoms with Crippen molar-refractivity contribution in [3.05, 3.63) is 34.3 Å². The first-order valence-electron chi connectivity index (χ1n) is 6.69. The van der Waals surface area contributed by atoms with Crippen molar-refractivity contribution in [1.82, 2.24) is 5.32 Å². The molecule has 1 amide bonds. The highest BCUT2D eigenvalue weighted by Gasteiger charge is 2.51. The van der Waals surface area contributed by atoms with Crippen molar-refractivity contribution in [1.29, 1.82) is 0 Å². The van der Waals surface area contributed by atoms with Gasteiger partial charge in [0.05, 0.1) is 16.9 Å². The highest BCUT2D eigenvalue weighted by atomic mass is 79.9. The van der Waals surface area contributed by atoms with Crippen molar-refractivity contribution in [2.24, 2.45) is 0 Å². The third kappa shape index (κ3) is 2.63. The van der Waals surface area contributed by atoms with Crippen molar-refractivity contribution in [2.75, 3.05) is 11.5 Å². The van der Waals surface area contributed by atoms with E-state index in [4.69, 9.17) is 0 Å². The Hall–Kier alpha value is -0.880. The Morgan fingerprint density at radius 2 is 1.90 bits per heavy atom. The Morgan fingerprint density at radius 3 is 2.40 bits per heavy atom. The van der Waals surface area contributed by atoms with E-state index in [2.05, 4.69) is 21.2 Å². The Balaban J connectivity index is 1.72. The lowest BCUT2D eigenvalue weighted by molar-refractivity contribution is -0.124. The highest BCUT2D eigenvalue weighted by molar-refractivity contribution is 9.10. The molecule has 0 radical (unpaired) electrons. The van der Waals surface area contributed by atoms with Gasteiger partial charge in [0.2, 0.25) is 5.91 Å². The molecule has 108 valence electrons. The van der Waals surface area contributed by atoms with E-state index in [0.29, 0.717) is 6.42 Å². The van der Waals surface area contributed by atoms with Crippen LogP contribution in [-0.2, 0) is 20.0 Å². The van der Waals surface area contributed by atoms with Crippen molar-refractivity contribution < 1.29 is 13.2 Å². The molecular weight excluding hydrogens is 342 g/mol. The minimum atomic E-state index is -2.96. The number of amides is 1. The second-order valence-corrected chi connectivity index (χ2v) is 8.81. The molecule has 1 saturated carbocycles. The molecule has 4 nitrogen and oxygen atoms in total. The first-order chi connectivity index (χ1) is 9.41. The van der Waals surface area contributed by atoms with Gasteiger partial charge in [-0.3, -0.25) is 4.79 Å². The summed E-state index contributed by atoms with van der Waals surface area (Å²) in [6.45, 7) is 0. The summed E-state index contributed by atoms with van der Waals surface area (Å²) in [7, 11) is -2.96. The fourth-order valence-corrected chi connectivity index (χ4v) is 4.71. The summed E-state index contributed by atoms with van der Waals surface area (Å²) in [4.78, 5) is 12.5. The van der Waals surface area contributed by atoms with E-state index in [-0.39, 0.29) is 23.5 Å². The summed E-state index contributed by atoms with van der Waals surface area (Å²) >= 11 is 3.39. The van der Waals surface area contributed by atoms with Crippen molar-refractivity contribution in [2.45, 2.75) is 30.7 Å². The largest absolute Gasteiger partial charge is 0.352 e. The Kier molecular flexibility index (Phi) is 3.41. The smallest absolute Gasteiger partial charge is 0.230 e. The van der Waals surface area contributed by atoms with Gasteiger partial charge in [-0.15, -0.1) is 0 Å². The lowest BCUT2D eigenvalue weighted by Gasteiger charge is -2.19. The molecule has 1 heterocycles. The van der Waals surface area contributed by atoms with Crippen LogP contribution < -0.4 is 5.32 Å². The zero-order valence-corrected chi connectivity index (χ0v) is 13.3.